The van der Waals surface area contributed by atoms with Gasteiger partial charge in [0.1, 0.15) is 5.82 Å². The smallest absolute Gasteiger partial charge is 0.226 e. The first-order valence-electron chi connectivity index (χ1n) is 10.2. The number of aromatic nitrogens is 6. The van der Waals surface area contributed by atoms with Crippen LogP contribution in [0.15, 0.2) is 64.5 Å². The second-order valence-electron chi connectivity index (χ2n) is 7.39. The van der Waals surface area contributed by atoms with Gasteiger partial charge in [-0.15, -0.1) is 10.2 Å². The average molecular weight is 419 g/mol. The SMILES string of the molecule is c1ccc(Cn2c(SCCCc3nc(-c4ccncc4)no3)nnc2C2CC2)cc1. The summed E-state index contributed by atoms with van der Waals surface area (Å²) in [4.78, 5) is 8.50. The van der Waals surface area contributed by atoms with Crippen LogP contribution in [-0.4, -0.2) is 35.6 Å². The predicted molar refractivity (Wildman–Crippen MR) is 114 cm³/mol. The van der Waals surface area contributed by atoms with E-state index < -0.39 is 0 Å². The summed E-state index contributed by atoms with van der Waals surface area (Å²) in [5.74, 6) is 3.88. The van der Waals surface area contributed by atoms with Crippen molar-refractivity contribution in [1.82, 2.24) is 29.9 Å². The summed E-state index contributed by atoms with van der Waals surface area (Å²) in [5.41, 5.74) is 2.19. The lowest BCUT2D eigenvalue weighted by atomic mass is 10.2. The number of pyridine rings is 1. The lowest BCUT2D eigenvalue weighted by Crippen LogP contribution is -2.06. The first-order valence-corrected chi connectivity index (χ1v) is 11.2. The van der Waals surface area contributed by atoms with Crippen molar-refractivity contribution in [1.29, 1.82) is 0 Å². The molecule has 0 aliphatic heterocycles. The third kappa shape index (κ3) is 4.43. The Morgan fingerprint density at radius 1 is 1.03 bits per heavy atom. The Hall–Kier alpha value is -3.00. The fourth-order valence-electron chi connectivity index (χ4n) is 3.33. The van der Waals surface area contributed by atoms with Crippen molar-refractivity contribution in [3.8, 4) is 11.4 Å². The Morgan fingerprint density at radius 3 is 2.67 bits per heavy atom. The molecule has 0 bridgehead atoms. The summed E-state index contributed by atoms with van der Waals surface area (Å²) in [5, 5.41) is 14.0. The number of hydrogen-bond acceptors (Lipinski definition) is 7. The van der Waals surface area contributed by atoms with Crippen molar-refractivity contribution >= 4 is 11.8 Å². The molecule has 1 saturated carbocycles. The van der Waals surface area contributed by atoms with E-state index >= 15 is 0 Å². The summed E-state index contributed by atoms with van der Waals surface area (Å²) in [6.45, 7) is 0.820. The molecule has 0 N–H and O–H groups in total. The number of thioether (sulfide) groups is 1. The van der Waals surface area contributed by atoms with Gasteiger partial charge >= 0.3 is 0 Å². The van der Waals surface area contributed by atoms with E-state index in [1.54, 1.807) is 24.2 Å². The zero-order chi connectivity index (χ0) is 20.2. The minimum absolute atomic E-state index is 0.570. The lowest BCUT2D eigenvalue weighted by molar-refractivity contribution is 0.378. The van der Waals surface area contributed by atoms with Crippen LogP contribution >= 0.6 is 11.8 Å². The molecule has 4 aromatic rings. The van der Waals surface area contributed by atoms with E-state index in [1.807, 2.05) is 18.2 Å². The van der Waals surface area contributed by atoms with Crippen LogP contribution in [-0.2, 0) is 13.0 Å². The van der Waals surface area contributed by atoms with Gasteiger partial charge in [0.15, 0.2) is 5.16 Å². The minimum Gasteiger partial charge on any atom is -0.339 e. The molecule has 152 valence electrons. The summed E-state index contributed by atoms with van der Waals surface area (Å²) in [6.07, 6.45) is 7.56. The van der Waals surface area contributed by atoms with Gasteiger partial charge in [-0.1, -0.05) is 47.3 Å². The molecule has 8 heteroatoms. The Morgan fingerprint density at radius 2 is 1.87 bits per heavy atom. The normalized spacial score (nSPS) is 13.6. The largest absolute Gasteiger partial charge is 0.339 e. The molecule has 3 aromatic heterocycles. The molecular formula is C22H22N6OS. The highest BCUT2D eigenvalue weighted by Gasteiger charge is 2.30. The van der Waals surface area contributed by atoms with Gasteiger partial charge in [-0.05, 0) is 37.0 Å². The van der Waals surface area contributed by atoms with Gasteiger partial charge in [-0.2, -0.15) is 4.98 Å². The van der Waals surface area contributed by atoms with Gasteiger partial charge in [0.05, 0.1) is 6.54 Å². The highest BCUT2D eigenvalue weighted by atomic mass is 32.2. The third-order valence-corrected chi connectivity index (χ3v) is 6.10. The second kappa shape index (κ2) is 8.79. The molecule has 0 atom stereocenters. The molecule has 30 heavy (non-hydrogen) atoms. The maximum atomic E-state index is 5.39. The van der Waals surface area contributed by atoms with E-state index in [0.29, 0.717) is 17.6 Å². The molecule has 1 fully saturated rings. The molecular weight excluding hydrogens is 396 g/mol. The quantitative estimate of drug-likeness (QED) is 0.295. The summed E-state index contributed by atoms with van der Waals surface area (Å²) >= 11 is 1.75. The van der Waals surface area contributed by atoms with Gasteiger partial charge in [-0.25, -0.2) is 0 Å². The van der Waals surface area contributed by atoms with Gasteiger partial charge < -0.3 is 9.09 Å². The van der Waals surface area contributed by atoms with Crippen molar-refractivity contribution in [2.75, 3.05) is 5.75 Å². The zero-order valence-corrected chi connectivity index (χ0v) is 17.3. The molecule has 0 spiro atoms. The van der Waals surface area contributed by atoms with E-state index in [2.05, 4.69) is 54.2 Å². The Bertz CT molecular complexity index is 1090. The number of aryl methyl sites for hydroxylation is 1. The Kier molecular flexibility index (Phi) is 5.56. The Labute approximate surface area is 179 Å². The molecule has 0 amide bonds. The molecule has 0 unspecified atom stereocenters. The molecule has 0 radical (unpaired) electrons. The second-order valence-corrected chi connectivity index (χ2v) is 8.45. The molecule has 0 saturated heterocycles. The topological polar surface area (TPSA) is 82.5 Å². The molecule has 1 aliphatic carbocycles. The third-order valence-electron chi connectivity index (χ3n) is 5.04. The molecule has 5 rings (SSSR count). The minimum atomic E-state index is 0.570. The van der Waals surface area contributed by atoms with E-state index in [4.69, 9.17) is 4.52 Å². The van der Waals surface area contributed by atoms with E-state index in [-0.39, 0.29) is 0 Å². The van der Waals surface area contributed by atoms with Gasteiger partial charge in [0.25, 0.3) is 0 Å². The maximum absolute atomic E-state index is 5.39. The number of nitrogens with zero attached hydrogens (tertiary/aromatic N) is 6. The number of hydrogen-bond donors (Lipinski definition) is 0. The fraction of sp³-hybridized carbons (Fsp3) is 0.318. The first-order chi connectivity index (χ1) is 14.9. The first kappa shape index (κ1) is 19.0. The fourth-order valence-corrected chi connectivity index (χ4v) is 4.21. The van der Waals surface area contributed by atoms with Crippen LogP contribution in [0, 0.1) is 0 Å². The van der Waals surface area contributed by atoms with Crippen LogP contribution in [0.4, 0.5) is 0 Å². The van der Waals surface area contributed by atoms with Crippen molar-refractivity contribution in [3.63, 3.8) is 0 Å². The summed E-state index contributed by atoms with van der Waals surface area (Å²) in [6, 6.07) is 14.3. The number of benzene rings is 1. The van der Waals surface area contributed by atoms with Crippen LogP contribution in [0.25, 0.3) is 11.4 Å². The standard InChI is InChI=1S/C22H22N6OS/c1-2-5-16(6-3-1)15-28-21(18-8-9-18)25-26-22(28)30-14-4-7-19-24-20(27-29-19)17-10-12-23-13-11-17/h1-3,5-6,10-13,18H,4,7-9,14-15H2. The van der Waals surface area contributed by atoms with E-state index in [1.165, 1.54) is 18.4 Å². The van der Waals surface area contributed by atoms with Crippen molar-refractivity contribution < 1.29 is 4.52 Å². The maximum Gasteiger partial charge on any atom is 0.226 e. The van der Waals surface area contributed by atoms with Crippen LogP contribution in [0.5, 0.6) is 0 Å². The lowest BCUT2D eigenvalue weighted by Gasteiger charge is -2.09. The van der Waals surface area contributed by atoms with Gasteiger partial charge in [0.2, 0.25) is 11.7 Å². The summed E-state index contributed by atoms with van der Waals surface area (Å²) in [7, 11) is 0. The van der Waals surface area contributed by atoms with Gasteiger partial charge in [0, 0.05) is 36.0 Å². The van der Waals surface area contributed by atoms with Crippen LogP contribution in [0.1, 0.15) is 42.5 Å². The van der Waals surface area contributed by atoms with Crippen LogP contribution in [0.3, 0.4) is 0 Å². The van der Waals surface area contributed by atoms with Crippen LogP contribution in [0.2, 0.25) is 0 Å². The van der Waals surface area contributed by atoms with E-state index in [9.17, 15) is 0 Å². The van der Waals surface area contributed by atoms with Crippen molar-refractivity contribution in [2.45, 2.75) is 43.3 Å². The molecule has 1 aliphatic rings. The monoisotopic (exact) mass is 418 g/mol. The molecule has 7 nitrogen and oxygen atoms in total. The van der Waals surface area contributed by atoms with Gasteiger partial charge in [-0.3, -0.25) is 4.98 Å². The zero-order valence-electron chi connectivity index (χ0n) is 16.5. The number of rotatable bonds is 9. The van der Waals surface area contributed by atoms with Crippen LogP contribution < -0.4 is 0 Å². The molecule has 3 heterocycles. The van der Waals surface area contributed by atoms with Crippen molar-refractivity contribution in [2.24, 2.45) is 0 Å². The highest BCUT2D eigenvalue weighted by Crippen LogP contribution is 2.40. The van der Waals surface area contributed by atoms with Crippen molar-refractivity contribution in [3.05, 3.63) is 72.1 Å². The Balaban J connectivity index is 1.19. The predicted octanol–water partition coefficient (Wildman–Crippen LogP) is 4.37. The molecule has 1 aromatic carbocycles. The van der Waals surface area contributed by atoms with E-state index in [0.717, 1.165) is 41.7 Å². The summed E-state index contributed by atoms with van der Waals surface area (Å²) < 4.78 is 7.68. The average Bonchev–Trinajstić information content (AvgIpc) is 3.39. The highest BCUT2D eigenvalue weighted by molar-refractivity contribution is 7.99.